The van der Waals surface area contributed by atoms with Crippen molar-refractivity contribution in [2.75, 3.05) is 11.1 Å². The molecule has 2 aromatic carbocycles. The Morgan fingerprint density at radius 3 is 2.78 bits per heavy atom. The lowest BCUT2D eigenvalue weighted by atomic mass is 10.1. The van der Waals surface area contributed by atoms with Crippen molar-refractivity contribution in [1.29, 1.82) is 0 Å². The smallest absolute Gasteiger partial charge is 0.214 e. The van der Waals surface area contributed by atoms with Crippen LogP contribution in [0.3, 0.4) is 0 Å². The van der Waals surface area contributed by atoms with Gasteiger partial charge in [-0.2, -0.15) is 0 Å². The molecule has 0 radical (unpaired) electrons. The Labute approximate surface area is 137 Å². The summed E-state index contributed by atoms with van der Waals surface area (Å²) in [6.07, 6.45) is 1.83. The van der Waals surface area contributed by atoms with Gasteiger partial charge in [0.2, 0.25) is 10.1 Å². The molecule has 114 valence electrons. The SMILES string of the molecule is Nc1cccc(-c2cnc3sc(NCc4ccccc4)nn23)c1. The van der Waals surface area contributed by atoms with Gasteiger partial charge in [0.25, 0.3) is 0 Å². The number of hydrogen-bond acceptors (Lipinski definition) is 5. The fourth-order valence-electron chi connectivity index (χ4n) is 2.43. The molecule has 0 aliphatic heterocycles. The number of nitrogens with zero attached hydrogens (tertiary/aromatic N) is 3. The van der Waals surface area contributed by atoms with Gasteiger partial charge in [0.05, 0.1) is 11.9 Å². The first-order chi connectivity index (χ1) is 11.3. The van der Waals surface area contributed by atoms with Crippen LogP contribution in [0.25, 0.3) is 16.2 Å². The molecule has 4 rings (SSSR count). The highest BCUT2D eigenvalue weighted by atomic mass is 32.1. The molecule has 0 amide bonds. The van der Waals surface area contributed by atoms with Gasteiger partial charge in [-0.05, 0) is 17.7 Å². The molecule has 3 N–H and O–H groups in total. The Bertz CT molecular complexity index is 942. The Balaban J connectivity index is 1.62. The van der Waals surface area contributed by atoms with Crippen LogP contribution in [0.2, 0.25) is 0 Å². The van der Waals surface area contributed by atoms with Crippen LogP contribution in [-0.4, -0.2) is 14.6 Å². The summed E-state index contributed by atoms with van der Waals surface area (Å²) in [7, 11) is 0. The molecular weight excluding hydrogens is 306 g/mol. The third-order valence-electron chi connectivity index (χ3n) is 3.55. The van der Waals surface area contributed by atoms with Crippen molar-refractivity contribution in [2.45, 2.75) is 6.54 Å². The van der Waals surface area contributed by atoms with Crippen molar-refractivity contribution < 1.29 is 0 Å². The molecule has 5 nitrogen and oxygen atoms in total. The average molecular weight is 321 g/mol. The van der Waals surface area contributed by atoms with Gasteiger partial charge in [-0.1, -0.05) is 53.8 Å². The van der Waals surface area contributed by atoms with Gasteiger partial charge in [0, 0.05) is 17.8 Å². The van der Waals surface area contributed by atoms with E-state index in [1.165, 1.54) is 16.9 Å². The number of imidazole rings is 1. The zero-order valence-corrected chi connectivity index (χ0v) is 13.1. The standard InChI is InChI=1S/C17H15N5S/c18-14-8-4-7-13(9-14)15-11-20-17-22(15)21-16(23-17)19-10-12-5-2-1-3-6-12/h1-9,11H,10,18H2,(H,19,21). The predicted molar refractivity (Wildman–Crippen MR) is 94.5 cm³/mol. The molecule has 2 heterocycles. The summed E-state index contributed by atoms with van der Waals surface area (Å²) in [6.45, 7) is 0.741. The number of benzene rings is 2. The van der Waals surface area contributed by atoms with E-state index < -0.39 is 0 Å². The summed E-state index contributed by atoms with van der Waals surface area (Å²) >= 11 is 1.53. The first-order valence-corrected chi connectivity index (χ1v) is 8.09. The van der Waals surface area contributed by atoms with Gasteiger partial charge in [-0.15, -0.1) is 5.10 Å². The van der Waals surface area contributed by atoms with Crippen LogP contribution in [0.1, 0.15) is 5.56 Å². The Kier molecular flexibility index (Phi) is 3.44. The van der Waals surface area contributed by atoms with E-state index in [0.717, 1.165) is 33.6 Å². The Hall–Kier alpha value is -2.86. The number of hydrogen-bond donors (Lipinski definition) is 2. The molecule has 0 saturated heterocycles. The van der Waals surface area contributed by atoms with E-state index in [9.17, 15) is 0 Å². The maximum atomic E-state index is 5.87. The maximum absolute atomic E-state index is 5.87. The second-order valence-electron chi connectivity index (χ2n) is 5.21. The van der Waals surface area contributed by atoms with Crippen molar-refractivity contribution >= 4 is 27.1 Å². The highest BCUT2D eigenvalue weighted by Gasteiger charge is 2.11. The van der Waals surface area contributed by atoms with Crippen molar-refractivity contribution in [1.82, 2.24) is 14.6 Å². The number of nitrogens with one attached hydrogen (secondary N) is 1. The molecule has 0 spiro atoms. The molecule has 0 aliphatic carbocycles. The van der Waals surface area contributed by atoms with Crippen LogP contribution >= 0.6 is 11.3 Å². The first-order valence-electron chi connectivity index (χ1n) is 7.28. The topological polar surface area (TPSA) is 68.2 Å². The second-order valence-corrected chi connectivity index (χ2v) is 6.17. The largest absolute Gasteiger partial charge is 0.399 e. The zero-order chi connectivity index (χ0) is 15.6. The second kappa shape index (κ2) is 5.73. The van der Waals surface area contributed by atoms with Gasteiger partial charge in [-0.3, -0.25) is 0 Å². The number of nitrogen functional groups attached to an aromatic ring is 1. The van der Waals surface area contributed by atoms with E-state index in [2.05, 4.69) is 27.5 Å². The summed E-state index contributed by atoms with van der Waals surface area (Å²) in [5, 5.41) is 8.81. The van der Waals surface area contributed by atoms with Gasteiger partial charge < -0.3 is 11.1 Å². The summed E-state index contributed by atoms with van der Waals surface area (Å²) in [6, 6.07) is 18.0. The zero-order valence-electron chi connectivity index (χ0n) is 12.3. The number of rotatable bonds is 4. The number of nitrogens with two attached hydrogens (primary N) is 1. The monoisotopic (exact) mass is 321 g/mol. The summed E-state index contributed by atoms with van der Waals surface area (Å²) in [4.78, 5) is 5.30. The lowest BCUT2D eigenvalue weighted by Crippen LogP contribution is -1.99. The lowest BCUT2D eigenvalue weighted by Gasteiger charge is -2.02. The number of anilines is 2. The minimum Gasteiger partial charge on any atom is -0.399 e. The minimum absolute atomic E-state index is 0.732. The van der Waals surface area contributed by atoms with E-state index in [1.807, 2.05) is 53.2 Å². The van der Waals surface area contributed by atoms with Crippen molar-refractivity contribution in [3.05, 3.63) is 66.4 Å². The molecule has 0 unspecified atom stereocenters. The summed E-state index contributed by atoms with van der Waals surface area (Å²) in [5.41, 5.74) is 9.77. The van der Waals surface area contributed by atoms with Crippen LogP contribution in [0.15, 0.2) is 60.8 Å². The fraction of sp³-hybridized carbons (Fsp3) is 0.0588. The fourth-order valence-corrected chi connectivity index (χ4v) is 3.20. The van der Waals surface area contributed by atoms with Gasteiger partial charge in [0.15, 0.2) is 0 Å². The Morgan fingerprint density at radius 1 is 1.09 bits per heavy atom. The van der Waals surface area contributed by atoms with E-state index in [1.54, 1.807) is 0 Å². The van der Waals surface area contributed by atoms with Crippen LogP contribution in [0, 0.1) is 0 Å². The minimum atomic E-state index is 0.732. The van der Waals surface area contributed by atoms with Crippen molar-refractivity contribution in [3.8, 4) is 11.3 Å². The van der Waals surface area contributed by atoms with Crippen molar-refractivity contribution in [2.24, 2.45) is 0 Å². The summed E-state index contributed by atoms with van der Waals surface area (Å²) < 4.78 is 1.85. The maximum Gasteiger partial charge on any atom is 0.214 e. The van der Waals surface area contributed by atoms with Gasteiger partial charge in [-0.25, -0.2) is 9.50 Å². The molecule has 6 heteroatoms. The summed E-state index contributed by atoms with van der Waals surface area (Å²) in [5.74, 6) is 0. The molecule has 4 aromatic rings. The lowest BCUT2D eigenvalue weighted by molar-refractivity contribution is 0.968. The van der Waals surface area contributed by atoms with E-state index in [0.29, 0.717) is 0 Å². The van der Waals surface area contributed by atoms with Gasteiger partial charge in [0.1, 0.15) is 0 Å². The molecule has 0 aliphatic rings. The van der Waals surface area contributed by atoms with Crippen LogP contribution in [0.5, 0.6) is 0 Å². The van der Waals surface area contributed by atoms with E-state index in [-0.39, 0.29) is 0 Å². The van der Waals surface area contributed by atoms with Gasteiger partial charge >= 0.3 is 0 Å². The normalized spacial score (nSPS) is 11.0. The molecular formula is C17H15N5S. The quantitative estimate of drug-likeness (QED) is 0.563. The highest BCUT2D eigenvalue weighted by molar-refractivity contribution is 7.20. The molecule has 0 saturated carbocycles. The number of fused-ring (bicyclic) bond motifs is 1. The molecule has 2 aromatic heterocycles. The molecule has 23 heavy (non-hydrogen) atoms. The van der Waals surface area contributed by atoms with Crippen LogP contribution in [0.4, 0.5) is 10.8 Å². The van der Waals surface area contributed by atoms with Crippen LogP contribution in [-0.2, 0) is 6.54 Å². The Morgan fingerprint density at radius 2 is 1.96 bits per heavy atom. The highest BCUT2D eigenvalue weighted by Crippen LogP contribution is 2.27. The molecule has 0 atom stereocenters. The van der Waals surface area contributed by atoms with E-state index in [4.69, 9.17) is 5.73 Å². The first kappa shape index (κ1) is 13.8. The van der Waals surface area contributed by atoms with E-state index >= 15 is 0 Å². The molecule has 0 bridgehead atoms. The third kappa shape index (κ3) is 2.76. The predicted octanol–water partition coefficient (Wildman–Crippen LogP) is 3.65. The average Bonchev–Trinajstić information content (AvgIpc) is 3.14. The van der Waals surface area contributed by atoms with Crippen molar-refractivity contribution in [3.63, 3.8) is 0 Å². The third-order valence-corrected chi connectivity index (χ3v) is 4.43. The van der Waals surface area contributed by atoms with Crippen LogP contribution < -0.4 is 11.1 Å². The molecule has 0 fully saturated rings. The number of aromatic nitrogens is 3.